The minimum atomic E-state index is 0.0725. The van der Waals surface area contributed by atoms with Crippen molar-refractivity contribution in [3.63, 3.8) is 0 Å². The number of hydrogen-bond acceptors (Lipinski definition) is 1. The monoisotopic (exact) mass is 344 g/mol. The fourth-order valence-electron chi connectivity index (χ4n) is 3.80. The molecule has 0 fully saturated rings. The van der Waals surface area contributed by atoms with E-state index in [4.69, 9.17) is 11.6 Å². The maximum absolute atomic E-state index is 6.10. The second-order valence-electron chi connectivity index (χ2n) is 6.53. The molecule has 2 N–H and O–H groups in total. The molecule has 2 heterocycles. The molecule has 3 heteroatoms. The largest absolute Gasteiger partial charge is 0.373 e. The van der Waals surface area contributed by atoms with E-state index in [9.17, 15) is 0 Å². The summed E-state index contributed by atoms with van der Waals surface area (Å²) in [7, 11) is 0. The van der Waals surface area contributed by atoms with Crippen molar-refractivity contribution in [2.45, 2.75) is 12.5 Å². The molecule has 122 valence electrons. The van der Waals surface area contributed by atoms with Crippen LogP contribution in [0.1, 0.15) is 28.4 Å². The van der Waals surface area contributed by atoms with E-state index >= 15 is 0 Å². The van der Waals surface area contributed by atoms with Crippen molar-refractivity contribution < 1.29 is 0 Å². The minimum absolute atomic E-state index is 0.0725. The number of halogens is 1. The first-order valence-corrected chi connectivity index (χ1v) is 8.87. The smallest absolute Gasteiger partial charge is 0.0921 e. The third-order valence-corrected chi connectivity index (χ3v) is 5.28. The number of fused-ring (bicyclic) bond motifs is 4. The van der Waals surface area contributed by atoms with Crippen molar-refractivity contribution in [3.8, 4) is 0 Å². The summed E-state index contributed by atoms with van der Waals surface area (Å²) < 4.78 is 0. The van der Waals surface area contributed by atoms with E-state index in [1.807, 2.05) is 12.1 Å². The summed E-state index contributed by atoms with van der Waals surface area (Å²) in [5.41, 5.74) is 7.51. The number of benzene rings is 3. The van der Waals surface area contributed by atoms with Crippen LogP contribution in [-0.2, 0) is 6.42 Å². The van der Waals surface area contributed by atoms with Crippen molar-refractivity contribution in [1.29, 1.82) is 0 Å². The molecule has 4 aromatic rings. The van der Waals surface area contributed by atoms with E-state index in [2.05, 4.69) is 71.0 Å². The first-order valence-electron chi connectivity index (χ1n) is 8.49. The van der Waals surface area contributed by atoms with Gasteiger partial charge in [0.2, 0.25) is 0 Å². The van der Waals surface area contributed by atoms with Gasteiger partial charge in [0.25, 0.3) is 0 Å². The van der Waals surface area contributed by atoms with Crippen LogP contribution in [0.5, 0.6) is 0 Å². The highest BCUT2D eigenvalue weighted by molar-refractivity contribution is 6.30. The molecule has 0 aliphatic carbocycles. The first-order chi connectivity index (χ1) is 12.3. The Morgan fingerprint density at radius 2 is 1.60 bits per heavy atom. The van der Waals surface area contributed by atoms with Gasteiger partial charge in [0.1, 0.15) is 0 Å². The van der Waals surface area contributed by atoms with E-state index in [1.165, 1.54) is 39.0 Å². The third-order valence-electron chi connectivity index (χ3n) is 5.02. The maximum Gasteiger partial charge on any atom is 0.0921 e. The van der Waals surface area contributed by atoms with Crippen molar-refractivity contribution in [1.82, 2.24) is 4.98 Å². The molecule has 3 aromatic carbocycles. The SMILES string of the molecule is Clc1ccc(C2Nc3ccccc3Cc3c2[nH]c2ccccc32)cc1. The van der Waals surface area contributed by atoms with E-state index in [-0.39, 0.29) is 6.04 Å². The molecule has 1 atom stereocenters. The average molecular weight is 345 g/mol. The highest BCUT2D eigenvalue weighted by Crippen LogP contribution is 2.38. The lowest BCUT2D eigenvalue weighted by atomic mass is 9.98. The van der Waals surface area contributed by atoms with Crippen LogP contribution in [0.2, 0.25) is 5.02 Å². The van der Waals surface area contributed by atoms with Gasteiger partial charge in [-0.2, -0.15) is 0 Å². The second kappa shape index (κ2) is 5.68. The van der Waals surface area contributed by atoms with Gasteiger partial charge in [-0.05, 0) is 41.0 Å². The molecule has 0 radical (unpaired) electrons. The van der Waals surface area contributed by atoms with Crippen LogP contribution in [0.4, 0.5) is 5.69 Å². The van der Waals surface area contributed by atoms with Crippen LogP contribution in [0, 0.1) is 0 Å². The van der Waals surface area contributed by atoms with Crippen LogP contribution >= 0.6 is 11.6 Å². The molecule has 25 heavy (non-hydrogen) atoms. The molecule has 0 bridgehead atoms. The Bertz CT molecular complexity index is 1060. The van der Waals surface area contributed by atoms with Crippen molar-refractivity contribution in [3.05, 3.63) is 100 Å². The zero-order valence-electron chi connectivity index (χ0n) is 13.6. The molecule has 0 saturated heterocycles. The highest BCUT2D eigenvalue weighted by Gasteiger charge is 2.26. The average Bonchev–Trinajstić information content (AvgIpc) is 2.92. The molecule has 1 aliphatic heterocycles. The summed E-state index contributed by atoms with van der Waals surface area (Å²) >= 11 is 6.10. The number of para-hydroxylation sites is 2. The first kappa shape index (κ1) is 14.6. The third kappa shape index (κ3) is 2.41. The molecule has 1 unspecified atom stereocenters. The summed E-state index contributed by atoms with van der Waals surface area (Å²) in [5.74, 6) is 0. The van der Waals surface area contributed by atoms with Gasteiger partial charge in [-0.3, -0.25) is 0 Å². The Labute approximate surface area is 151 Å². The number of nitrogens with one attached hydrogen (secondary N) is 2. The van der Waals surface area contributed by atoms with Crippen LogP contribution in [0.15, 0.2) is 72.8 Å². The van der Waals surface area contributed by atoms with Crippen molar-refractivity contribution in [2.24, 2.45) is 0 Å². The van der Waals surface area contributed by atoms with Gasteiger partial charge in [0.15, 0.2) is 0 Å². The number of hydrogen-bond donors (Lipinski definition) is 2. The molecule has 0 amide bonds. The Kier molecular flexibility index (Phi) is 3.32. The van der Waals surface area contributed by atoms with Gasteiger partial charge in [0, 0.05) is 33.7 Å². The summed E-state index contributed by atoms with van der Waals surface area (Å²) in [6.45, 7) is 0. The molecular formula is C22H17ClN2. The van der Waals surface area contributed by atoms with Crippen LogP contribution in [0.25, 0.3) is 10.9 Å². The molecule has 1 aliphatic rings. The molecule has 0 spiro atoms. The number of rotatable bonds is 1. The van der Waals surface area contributed by atoms with Crippen LogP contribution in [-0.4, -0.2) is 4.98 Å². The fourth-order valence-corrected chi connectivity index (χ4v) is 3.92. The lowest BCUT2D eigenvalue weighted by Crippen LogP contribution is -2.12. The van der Waals surface area contributed by atoms with E-state index < -0.39 is 0 Å². The Morgan fingerprint density at radius 3 is 2.48 bits per heavy atom. The van der Waals surface area contributed by atoms with E-state index in [1.54, 1.807) is 0 Å². The zero-order chi connectivity index (χ0) is 16.8. The van der Waals surface area contributed by atoms with Crippen LogP contribution in [0.3, 0.4) is 0 Å². The van der Waals surface area contributed by atoms with Crippen LogP contribution < -0.4 is 5.32 Å². The minimum Gasteiger partial charge on any atom is -0.373 e. The number of aromatic nitrogens is 1. The molecule has 2 nitrogen and oxygen atoms in total. The molecule has 1 aromatic heterocycles. The van der Waals surface area contributed by atoms with Gasteiger partial charge in [-0.15, -0.1) is 0 Å². The van der Waals surface area contributed by atoms with Gasteiger partial charge >= 0.3 is 0 Å². The van der Waals surface area contributed by atoms with Crippen molar-refractivity contribution in [2.75, 3.05) is 5.32 Å². The molecular weight excluding hydrogens is 328 g/mol. The molecule has 0 saturated carbocycles. The number of aromatic amines is 1. The van der Waals surface area contributed by atoms with Gasteiger partial charge in [-0.25, -0.2) is 0 Å². The van der Waals surface area contributed by atoms with Crippen molar-refractivity contribution >= 4 is 28.2 Å². The Balaban J connectivity index is 1.77. The molecule has 5 rings (SSSR count). The second-order valence-corrected chi connectivity index (χ2v) is 6.96. The Morgan fingerprint density at radius 1 is 0.840 bits per heavy atom. The maximum atomic E-state index is 6.10. The van der Waals surface area contributed by atoms with E-state index in [0.717, 1.165) is 11.4 Å². The summed E-state index contributed by atoms with van der Waals surface area (Å²) in [4.78, 5) is 3.66. The topological polar surface area (TPSA) is 27.8 Å². The Hall–Kier alpha value is -2.71. The summed E-state index contributed by atoms with van der Waals surface area (Å²) in [5, 5.41) is 5.80. The normalized spacial score (nSPS) is 16.0. The quantitative estimate of drug-likeness (QED) is 0.440. The fraction of sp³-hybridized carbons (Fsp3) is 0.0909. The lowest BCUT2D eigenvalue weighted by molar-refractivity contribution is 0.900. The van der Waals surface area contributed by atoms with E-state index in [0.29, 0.717) is 0 Å². The number of H-pyrrole nitrogens is 1. The zero-order valence-corrected chi connectivity index (χ0v) is 14.3. The van der Waals surface area contributed by atoms with Gasteiger partial charge in [0.05, 0.1) is 6.04 Å². The predicted molar refractivity (Wildman–Crippen MR) is 104 cm³/mol. The lowest BCUT2D eigenvalue weighted by Gasteiger charge is -2.19. The summed E-state index contributed by atoms with van der Waals surface area (Å²) in [6, 6.07) is 25.3. The number of anilines is 1. The van der Waals surface area contributed by atoms with Gasteiger partial charge in [-0.1, -0.05) is 60.1 Å². The predicted octanol–water partition coefficient (Wildman–Crippen LogP) is 5.93. The van der Waals surface area contributed by atoms with Gasteiger partial charge < -0.3 is 10.3 Å². The standard InChI is InChI=1S/C22H17ClN2/c23-16-11-9-14(10-12-16)21-22-18(17-6-2-4-8-20(17)25-22)13-15-5-1-3-7-19(15)24-21/h1-12,21,24-25H,13H2. The summed E-state index contributed by atoms with van der Waals surface area (Å²) in [6.07, 6.45) is 0.923. The highest BCUT2D eigenvalue weighted by atomic mass is 35.5.